The standard InChI is InChI=1S/C25H31ClN2O4/c1-14-20(24(31)28-8-6-5-7-9-28)21(15-10-16(26)23(30)19(11-15)32-4)22-17(27-14)12-25(2,3)13-18(22)29/h10-11,20-21,27,30H,1,5-9,12-13H2,2-4H3. The number of likely N-dealkylation sites (tertiary alicyclic amines) is 1. The lowest BCUT2D eigenvalue weighted by Crippen LogP contribution is -2.48. The summed E-state index contributed by atoms with van der Waals surface area (Å²) in [6.07, 6.45) is 4.16. The van der Waals surface area contributed by atoms with Crippen molar-refractivity contribution in [3.8, 4) is 11.5 Å². The number of methoxy groups -OCH3 is 1. The number of aromatic hydroxyl groups is 1. The molecule has 7 heteroatoms. The van der Waals surface area contributed by atoms with E-state index < -0.39 is 11.8 Å². The van der Waals surface area contributed by atoms with Crippen LogP contribution < -0.4 is 10.1 Å². The van der Waals surface area contributed by atoms with Gasteiger partial charge in [-0.15, -0.1) is 0 Å². The van der Waals surface area contributed by atoms with Gasteiger partial charge in [-0.1, -0.05) is 32.0 Å². The van der Waals surface area contributed by atoms with Crippen LogP contribution in [-0.2, 0) is 9.59 Å². The van der Waals surface area contributed by atoms with E-state index in [9.17, 15) is 14.7 Å². The molecule has 2 N–H and O–H groups in total. The second-order valence-corrected chi connectivity index (χ2v) is 10.3. The largest absolute Gasteiger partial charge is 0.503 e. The van der Waals surface area contributed by atoms with E-state index in [2.05, 4.69) is 25.7 Å². The summed E-state index contributed by atoms with van der Waals surface area (Å²) in [7, 11) is 1.45. The number of carbonyl (C=O) groups is 2. The first-order chi connectivity index (χ1) is 15.1. The number of amides is 1. The Balaban J connectivity index is 1.87. The normalized spacial score (nSPS) is 25.3. The second kappa shape index (κ2) is 8.47. The van der Waals surface area contributed by atoms with Crippen LogP contribution in [0.3, 0.4) is 0 Å². The maximum atomic E-state index is 13.7. The lowest BCUT2D eigenvalue weighted by Gasteiger charge is -2.44. The Morgan fingerprint density at radius 2 is 1.94 bits per heavy atom. The Bertz CT molecular complexity index is 1010. The SMILES string of the molecule is C=C1NC2=C(C(=O)CC(C)(C)C2)C(c2cc(Cl)c(O)c(OC)c2)C1C(=O)N1CCCCC1. The fourth-order valence-electron chi connectivity index (χ4n) is 5.34. The van der Waals surface area contributed by atoms with Crippen molar-refractivity contribution in [3.05, 3.63) is 46.3 Å². The molecule has 0 bridgehead atoms. The van der Waals surface area contributed by atoms with Crippen molar-refractivity contribution < 1.29 is 19.4 Å². The van der Waals surface area contributed by atoms with E-state index in [1.165, 1.54) is 7.11 Å². The van der Waals surface area contributed by atoms with Gasteiger partial charge in [-0.05, 0) is 48.8 Å². The number of phenolic OH excluding ortho intramolecular Hbond substituents is 1. The minimum atomic E-state index is -0.637. The number of ketones is 1. The van der Waals surface area contributed by atoms with Crippen molar-refractivity contribution in [3.63, 3.8) is 0 Å². The highest BCUT2D eigenvalue weighted by atomic mass is 35.5. The highest BCUT2D eigenvalue weighted by Crippen LogP contribution is 2.50. The molecule has 172 valence electrons. The molecule has 0 spiro atoms. The van der Waals surface area contributed by atoms with Gasteiger partial charge in [0.15, 0.2) is 17.3 Å². The molecule has 3 aliphatic rings. The van der Waals surface area contributed by atoms with Crippen molar-refractivity contribution in [1.82, 2.24) is 10.2 Å². The first-order valence-corrected chi connectivity index (χ1v) is 11.6. The highest BCUT2D eigenvalue weighted by Gasteiger charge is 2.47. The molecule has 4 rings (SSSR count). The number of hydrogen-bond donors (Lipinski definition) is 2. The molecule has 1 saturated heterocycles. The molecule has 2 heterocycles. The minimum Gasteiger partial charge on any atom is -0.503 e. The van der Waals surface area contributed by atoms with Crippen LogP contribution >= 0.6 is 11.6 Å². The summed E-state index contributed by atoms with van der Waals surface area (Å²) in [5, 5.41) is 13.7. The summed E-state index contributed by atoms with van der Waals surface area (Å²) < 4.78 is 5.32. The summed E-state index contributed by atoms with van der Waals surface area (Å²) in [6, 6.07) is 3.31. The number of piperidine rings is 1. The van der Waals surface area contributed by atoms with Crippen molar-refractivity contribution in [2.75, 3.05) is 20.2 Å². The second-order valence-electron chi connectivity index (χ2n) is 9.88. The lowest BCUT2D eigenvalue weighted by molar-refractivity contribution is -0.136. The molecule has 0 radical (unpaired) electrons. The van der Waals surface area contributed by atoms with Crippen molar-refractivity contribution in [2.45, 2.75) is 51.9 Å². The number of benzene rings is 1. The number of hydrogen-bond acceptors (Lipinski definition) is 5. The van der Waals surface area contributed by atoms with Gasteiger partial charge in [0.05, 0.1) is 18.1 Å². The third-order valence-corrected chi connectivity index (χ3v) is 7.10. The van der Waals surface area contributed by atoms with Gasteiger partial charge in [0, 0.05) is 42.4 Å². The number of nitrogens with one attached hydrogen (secondary N) is 1. The summed E-state index contributed by atoms with van der Waals surface area (Å²) in [5.74, 6) is -1.12. The number of ether oxygens (including phenoxy) is 1. The van der Waals surface area contributed by atoms with Crippen LogP contribution in [0.1, 0.15) is 57.4 Å². The van der Waals surface area contributed by atoms with Crippen molar-refractivity contribution >= 4 is 23.3 Å². The summed E-state index contributed by atoms with van der Waals surface area (Å²) >= 11 is 6.32. The first kappa shape index (κ1) is 22.7. The predicted molar refractivity (Wildman–Crippen MR) is 124 cm³/mol. The van der Waals surface area contributed by atoms with Gasteiger partial charge in [-0.25, -0.2) is 0 Å². The number of carbonyl (C=O) groups excluding carboxylic acids is 2. The summed E-state index contributed by atoms with van der Waals surface area (Å²) in [6.45, 7) is 9.77. The lowest BCUT2D eigenvalue weighted by atomic mass is 9.66. The van der Waals surface area contributed by atoms with E-state index >= 15 is 0 Å². The fourth-order valence-corrected chi connectivity index (χ4v) is 5.56. The number of nitrogens with zero attached hydrogens (tertiary/aromatic N) is 1. The number of phenols is 1. The molecule has 1 fully saturated rings. The van der Waals surface area contributed by atoms with E-state index in [-0.39, 0.29) is 33.6 Å². The maximum absolute atomic E-state index is 13.7. The number of Topliss-reactive ketones (excluding diaryl/α,β-unsaturated/α-hetero) is 1. The zero-order valence-corrected chi connectivity index (χ0v) is 19.7. The Morgan fingerprint density at radius 3 is 2.59 bits per heavy atom. The smallest absolute Gasteiger partial charge is 0.232 e. The maximum Gasteiger partial charge on any atom is 0.232 e. The first-order valence-electron chi connectivity index (χ1n) is 11.2. The number of halogens is 1. The van der Waals surface area contributed by atoms with Gasteiger partial charge in [0.25, 0.3) is 0 Å². The van der Waals surface area contributed by atoms with Gasteiger partial charge in [0.2, 0.25) is 5.91 Å². The van der Waals surface area contributed by atoms with E-state index in [0.717, 1.165) is 25.0 Å². The van der Waals surface area contributed by atoms with Crippen LogP contribution in [0.2, 0.25) is 5.02 Å². The van der Waals surface area contributed by atoms with Crippen LogP contribution in [0.25, 0.3) is 0 Å². The van der Waals surface area contributed by atoms with E-state index in [1.807, 2.05) is 4.90 Å². The molecule has 6 nitrogen and oxygen atoms in total. The zero-order chi connectivity index (χ0) is 23.2. The quantitative estimate of drug-likeness (QED) is 0.695. The molecule has 1 amide bonds. The molecule has 2 aliphatic heterocycles. The van der Waals surface area contributed by atoms with Crippen LogP contribution in [-0.4, -0.2) is 41.9 Å². The Morgan fingerprint density at radius 1 is 1.25 bits per heavy atom. The van der Waals surface area contributed by atoms with Crippen LogP contribution in [0.4, 0.5) is 0 Å². The molecule has 1 aliphatic carbocycles. The molecule has 0 saturated carbocycles. The Kier molecular flexibility index (Phi) is 6.01. The minimum absolute atomic E-state index is 0.0282. The topological polar surface area (TPSA) is 78.9 Å². The monoisotopic (exact) mass is 458 g/mol. The third-order valence-electron chi connectivity index (χ3n) is 6.81. The Hall–Kier alpha value is -2.47. The Labute approximate surface area is 194 Å². The van der Waals surface area contributed by atoms with Crippen LogP contribution in [0, 0.1) is 11.3 Å². The highest BCUT2D eigenvalue weighted by molar-refractivity contribution is 6.32. The predicted octanol–water partition coefficient (Wildman–Crippen LogP) is 4.53. The number of allylic oxidation sites excluding steroid dienone is 2. The van der Waals surface area contributed by atoms with Gasteiger partial charge < -0.3 is 20.1 Å². The molecular formula is C25H31ClN2O4. The molecule has 1 aromatic carbocycles. The van der Waals surface area contributed by atoms with Crippen LogP contribution in [0.15, 0.2) is 35.7 Å². The summed E-state index contributed by atoms with van der Waals surface area (Å²) in [5.41, 5.74) is 2.53. The van der Waals surface area contributed by atoms with E-state index in [4.69, 9.17) is 16.3 Å². The average Bonchev–Trinajstić information content (AvgIpc) is 2.74. The molecule has 2 atom stereocenters. The van der Waals surface area contributed by atoms with Gasteiger partial charge in [0.1, 0.15) is 0 Å². The fraction of sp³-hybridized carbons (Fsp3) is 0.520. The number of rotatable bonds is 3. The summed E-state index contributed by atoms with van der Waals surface area (Å²) in [4.78, 5) is 29.0. The van der Waals surface area contributed by atoms with Crippen molar-refractivity contribution in [1.29, 1.82) is 0 Å². The molecular weight excluding hydrogens is 428 g/mol. The van der Waals surface area contributed by atoms with Gasteiger partial charge >= 0.3 is 0 Å². The molecule has 1 aromatic rings. The van der Waals surface area contributed by atoms with Crippen LogP contribution in [0.5, 0.6) is 11.5 Å². The van der Waals surface area contributed by atoms with Gasteiger partial charge in [-0.3, -0.25) is 9.59 Å². The molecule has 32 heavy (non-hydrogen) atoms. The third kappa shape index (κ3) is 4.01. The average molecular weight is 459 g/mol. The van der Waals surface area contributed by atoms with E-state index in [1.54, 1.807) is 12.1 Å². The molecule has 0 aromatic heterocycles. The molecule has 2 unspecified atom stereocenters. The van der Waals surface area contributed by atoms with Gasteiger partial charge in [-0.2, -0.15) is 0 Å². The van der Waals surface area contributed by atoms with Crippen molar-refractivity contribution in [2.24, 2.45) is 11.3 Å². The van der Waals surface area contributed by atoms with E-state index in [0.29, 0.717) is 42.8 Å². The zero-order valence-electron chi connectivity index (χ0n) is 19.0.